The zero-order valence-electron chi connectivity index (χ0n) is 12.9. The lowest BCUT2D eigenvalue weighted by Gasteiger charge is -2.25. The van der Waals surface area contributed by atoms with E-state index in [0.29, 0.717) is 10.4 Å². The Morgan fingerprint density at radius 2 is 1.88 bits per heavy atom. The van der Waals surface area contributed by atoms with Crippen LogP contribution in [0.3, 0.4) is 0 Å². The second-order valence-corrected chi connectivity index (χ2v) is 6.51. The van der Waals surface area contributed by atoms with Crippen molar-refractivity contribution in [3.8, 4) is 0 Å². The fraction of sp³-hybridized carbons (Fsp3) is 0.111. The van der Waals surface area contributed by atoms with Gasteiger partial charge >= 0.3 is 0 Å². The van der Waals surface area contributed by atoms with E-state index < -0.39 is 17.8 Å². The number of rotatable bonds is 4. The molecule has 2 aromatic carbocycles. The average molecular weight is 342 g/mol. The summed E-state index contributed by atoms with van der Waals surface area (Å²) in [7, 11) is 1.49. The number of carbonyl (C=O) groups is 2. The number of nitrogens with two attached hydrogens (primary N) is 1. The van der Waals surface area contributed by atoms with Crippen LogP contribution in [0.4, 0.5) is 4.39 Å². The van der Waals surface area contributed by atoms with Crippen LogP contribution in [0.15, 0.2) is 54.6 Å². The molecule has 2 amide bonds. The molecule has 6 heteroatoms. The predicted molar refractivity (Wildman–Crippen MR) is 92.3 cm³/mol. The van der Waals surface area contributed by atoms with Gasteiger partial charge in [0.05, 0.1) is 4.88 Å². The van der Waals surface area contributed by atoms with Crippen molar-refractivity contribution in [1.82, 2.24) is 4.90 Å². The highest BCUT2D eigenvalue weighted by Gasteiger charge is 2.28. The fourth-order valence-electron chi connectivity index (χ4n) is 2.63. The standard InChI is InChI=1S/C18H15FN2O2S/c1-21(16(17(20)22)12-6-4-7-13(19)9-12)18(23)15-10-11-5-2-3-8-14(11)24-15/h2-10,16H,1H3,(H2,20,22). The predicted octanol–water partition coefficient (Wildman–Crippen LogP) is 3.34. The number of hydrogen-bond acceptors (Lipinski definition) is 3. The molecule has 3 aromatic rings. The second kappa shape index (κ2) is 6.41. The minimum absolute atomic E-state index is 0.329. The normalized spacial score (nSPS) is 12.1. The van der Waals surface area contributed by atoms with Crippen molar-refractivity contribution in [1.29, 1.82) is 0 Å². The van der Waals surface area contributed by atoms with Gasteiger partial charge in [-0.15, -0.1) is 11.3 Å². The first-order chi connectivity index (χ1) is 11.5. The first-order valence-electron chi connectivity index (χ1n) is 7.28. The molecule has 1 unspecified atom stereocenters. The molecule has 0 saturated heterocycles. The van der Waals surface area contributed by atoms with Crippen LogP contribution in [0.25, 0.3) is 10.1 Å². The summed E-state index contributed by atoms with van der Waals surface area (Å²) in [4.78, 5) is 26.4. The lowest BCUT2D eigenvalue weighted by molar-refractivity contribution is -0.122. The first-order valence-corrected chi connectivity index (χ1v) is 8.09. The lowest BCUT2D eigenvalue weighted by atomic mass is 10.0. The van der Waals surface area contributed by atoms with Crippen molar-refractivity contribution in [3.63, 3.8) is 0 Å². The van der Waals surface area contributed by atoms with Crippen LogP contribution in [0, 0.1) is 5.82 Å². The SMILES string of the molecule is CN(C(=O)c1cc2ccccc2s1)C(C(N)=O)c1cccc(F)c1. The lowest BCUT2D eigenvalue weighted by Crippen LogP contribution is -2.38. The summed E-state index contributed by atoms with van der Waals surface area (Å²) in [6.45, 7) is 0. The second-order valence-electron chi connectivity index (χ2n) is 5.42. The van der Waals surface area contributed by atoms with E-state index in [1.165, 1.54) is 41.5 Å². The highest BCUT2D eigenvalue weighted by atomic mass is 32.1. The highest BCUT2D eigenvalue weighted by Crippen LogP contribution is 2.28. The molecular weight excluding hydrogens is 327 g/mol. The molecule has 0 saturated carbocycles. The third-order valence-corrected chi connectivity index (χ3v) is 4.88. The van der Waals surface area contributed by atoms with Crippen LogP contribution >= 0.6 is 11.3 Å². The summed E-state index contributed by atoms with van der Waals surface area (Å²) in [5.74, 6) is -1.52. The van der Waals surface area contributed by atoms with Gasteiger partial charge in [0.15, 0.2) is 0 Å². The van der Waals surface area contributed by atoms with Gasteiger partial charge in [0, 0.05) is 11.7 Å². The van der Waals surface area contributed by atoms with Gasteiger partial charge in [-0.25, -0.2) is 4.39 Å². The number of nitrogens with zero attached hydrogens (tertiary/aromatic N) is 1. The molecular formula is C18H15FN2O2S. The van der Waals surface area contributed by atoms with Crippen molar-refractivity contribution >= 4 is 33.2 Å². The molecule has 3 rings (SSSR count). The van der Waals surface area contributed by atoms with Crippen LogP contribution in [0.2, 0.25) is 0 Å². The van der Waals surface area contributed by atoms with E-state index in [0.717, 1.165) is 10.1 Å². The summed E-state index contributed by atoms with van der Waals surface area (Å²) in [6.07, 6.45) is 0. The Hall–Kier alpha value is -2.73. The van der Waals surface area contributed by atoms with Crippen LogP contribution in [0.1, 0.15) is 21.3 Å². The topological polar surface area (TPSA) is 63.4 Å². The number of amides is 2. The Bertz CT molecular complexity index is 889. The Morgan fingerprint density at radius 1 is 1.12 bits per heavy atom. The highest BCUT2D eigenvalue weighted by molar-refractivity contribution is 7.20. The summed E-state index contributed by atoms with van der Waals surface area (Å²) in [5, 5.41) is 0.959. The third kappa shape index (κ3) is 3.00. The monoisotopic (exact) mass is 342 g/mol. The zero-order chi connectivity index (χ0) is 17.3. The average Bonchev–Trinajstić information content (AvgIpc) is 2.98. The molecule has 24 heavy (non-hydrogen) atoms. The molecule has 0 spiro atoms. The van der Waals surface area contributed by atoms with Gasteiger partial charge in [-0.1, -0.05) is 30.3 Å². The maximum absolute atomic E-state index is 13.5. The van der Waals surface area contributed by atoms with Crippen molar-refractivity contribution in [2.75, 3.05) is 7.05 Å². The molecule has 0 fully saturated rings. The molecule has 4 nitrogen and oxygen atoms in total. The van der Waals surface area contributed by atoms with Crippen LogP contribution in [-0.2, 0) is 4.79 Å². The van der Waals surface area contributed by atoms with Gasteiger partial charge in [-0.05, 0) is 35.2 Å². The Kier molecular flexibility index (Phi) is 4.31. The quantitative estimate of drug-likeness (QED) is 0.790. The van der Waals surface area contributed by atoms with E-state index in [-0.39, 0.29) is 5.91 Å². The number of benzene rings is 2. The molecule has 0 bridgehead atoms. The molecule has 0 aliphatic heterocycles. The molecule has 1 atom stereocenters. The van der Waals surface area contributed by atoms with Crippen LogP contribution in [-0.4, -0.2) is 23.8 Å². The van der Waals surface area contributed by atoms with Crippen molar-refractivity contribution < 1.29 is 14.0 Å². The van der Waals surface area contributed by atoms with Gasteiger partial charge < -0.3 is 10.6 Å². The number of fused-ring (bicyclic) bond motifs is 1. The number of hydrogen-bond donors (Lipinski definition) is 1. The zero-order valence-corrected chi connectivity index (χ0v) is 13.7. The van der Waals surface area contributed by atoms with E-state index >= 15 is 0 Å². The molecule has 1 heterocycles. The Labute approximate surface area is 142 Å². The van der Waals surface area contributed by atoms with Gasteiger partial charge in [-0.3, -0.25) is 9.59 Å². The summed E-state index contributed by atoms with van der Waals surface area (Å²) >= 11 is 1.34. The van der Waals surface area contributed by atoms with E-state index in [9.17, 15) is 14.0 Å². The molecule has 122 valence electrons. The largest absolute Gasteiger partial charge is 0.368 e. The van der Waals surface area contributed by atoms with E-state index in [1.807, 2.05) is 24.3 Å². The van der Waals surface area contributed by atoms with Crippen molar-refractivity contribution in [3.05, 3.63) is 70.9 Å². The number of carbonyl (C=O) groups excluding carboxylic acids is 2. The van der Waals surface area contributed by atoms with Crippen molar-refractivity contribution in [2.45, 2.75) is 6.04 Å². The van der Waals surface area contributed by atoms with Crippen molar-refractivity contribution in [2.24, 2.45) is 5.73 Å². The summed E-state index contributed by atoms with van der Waals surface area (Å²) in [5.41, 5.74) is 5.81. The molecule has 0 aliphatic carbocycles. The van der Waals surface area contributed by atoms with Crippen LogP contribution < -0.4 is 5.73 Å². The van der Waals surface area contributed by atoms with E-state index in [1.54, 1.807) is 12.1 Å². The Morgan fingerprint density at radius 3 is 2.54 bits per heavy atom. The maximum atomic E-state index is 13.5. The van der Waals surface area contributed by atoms with Gasteiger partial charge in [0.25, 0.3) is 5.91 Å². The molecule has 2 N–H and O–H groups in total. The smallest absolute Gasteiger partial charge is 0.264 e. The van der Waals surface area contributed by atoms with E-state index in [4.69, 9.17) is 5.73 Å². The van der Waals surface area contributed by atoms with Crippen LogP contribution in [0.5, 0.6) is 0 Å². The summed E-state index contributed by atoms with van der Waals surface area (Å²) < 4.78 is 14.4. The number of primary amides is 1. The summed E-state index contributed by atoms with van der Waals surface area (Å²) in [6, 6.07) is 13.9. The van der Waals surface area contributed by atoms with Gasteiger partial charge in [0.1, 0.15) is 11.9 Å². The number of halogens is 1. The molecule has 0 radical (unpaired) electrons. The minimum Gasteiger partial charge on any atom is -0.368 e. The Balaban J connectivity index is 1.96. The maximum Gasteiger partial charge on any atom is 0.264 e. The molecule has 0 aliphatic rings. The number of likely N-dealkylation sites (N-methyl/N-ethyl adjacent to an activating group) is 1. The fourth-order valence-corrected chi connectivity index (χ4v) is 3.68. The van der Waals surface area contributed by atoms with Gasteiger partial charge in [-0.2, -0.15) is 0 Å². The van der Waals surface area contributed by atoms with E-state index in [2.05, 4.69) is 0 Å². The third-order valence-electron chi connectivity index (χ3n) is 3.78. The number of thiophene rings is 1. The van der Waals surface area contributed by atoms with Gasteiger partial charge in [0.2, 0.25) is 5.91 Å². The molecule has 1 aromatic heterocycles. The minimum atomic E-state index is -1.03. The first kappa shape index (κ1) is 16.1.